The number of nitrogens with one attached hydrogen (secondary N) is 2. The van der Waals surface area contributed by atoms with Crippen LogP contribution in [-0.2, 0) is 4.79 Å². The Labute approximate surface area is 102 Å². The van der Waals surface area contributed by atoms with E-state index in [1.165, 1.54) is 32.1 Å². The van der Waals surface area contributed by atoms with Gasteiger partial charge in [0.1, 0.15) is 0 Å². The maximum absolute atomic E-state index is 11.9. The minimum absolute atomic E-state index is 0.0627. The standard InChI is InChI=1S/C12H22N2OS/c1-16-12(6-4-7-12)9-14-11(15)10-5-2-3-8-13-10/h10,13H,2-9H2,1H3,(H,14,15)/t10-/m1/s1. The monoisotopic (exact) mass is 242 g/mol. The van der Waals surface area contributed by atoms with E-state index in [4.69, 9.17) is 0 Å². The van der Waals surface area contributed by atoms with Crippen LogP contribution in [0.3, 0.4) is 0 Å². The van der Waals surface area contributed by atoms with E-state index in [2.05, 4.69) is 16.9 Å². The molecule has 1 heterocycles. The van der Waals surface area contributed by atoms with Crippen LogP contribution in [0.2, 0.25) is 0 Å². The molecule has 16 heavy (non-hydrogen) atoms. The van der Waals surface area contributed by atoms with Gasteiger partial charge in [-0.2, -0.15) is 11.8 Å². The molecule has 0 radical (unpaired) electrons. The van der Waals surface area contributed by atoms with Gasteiger partial charge in [-0.05, 0) is 38.5 Å². The van der Waals surface area contributed by atoms with E-state index < -0.39 is 0 Å². The number of carbonyl (C=O) groups is 1. The molecule has 2 rings (SSSR count). The molecule has 1 atom stereocenters. The lowest BCUT2D eigenvalue weighted by molar-refractivity contribution is -0.123. The van der Waals surface area contributed by atoms with Crippen LogP contribution in [-0.4, -0.2) is 36.0 Å². The SMILES string of the molecule is CSC1(CNC(=O)[C@H]2CCCCN2)CCC1. The third kappa shape index (κ3) is 2.72. The van der Waals surface area contributed by atoms with Crippen LogP contribution in [0.5, 0.6) is 0 Å². The number of amides is 1. The Balaban J connectivity index is 1.74. The van der Waals surface area contributed by atoms with E-state index >= 15 is 0 Å². The molecule has 2 aliphatic rings. The number of hydrogen-bond acceptors (Lipinski definition) is 3. The molecule has 1 aliphatic heterocycles. The van der Waals surface area contributed by atoms with Gasteiger partial charge in [-0.25, -0.2) is 0 Å². The Kier molecular flexibility index (Phi) is 4.14. The van der Waals surface area contributed by atoms with Crippen LogP contribution < -0.4 is 10.6 Å². The molecule has 4 heteroatoms. The Morgan fingerprint density at radius 1 is 1.44 bits per heavy atom. The molecule has 2 fully saturated rings. The van der Waals surface area contributed by atoms with Crippen molar-refractivity contribution in [2.24, 2.45) is 0 Å². The molecular weight excluding hydrogens is 220 g/mol. The Hall–Kier alpha value is -0.220. The summed E-state index contributed by atoms with van der Waals surface area (Å²) in [6, 6.07) is 0.0627. The van der Waals surface area contributed by atoms with Gasteiger partial charge in [0.2, 0.25) is 5.91 Å². The molecule has 1 amide bonds. The maximum Gasteiger partial charge on any atom is 0.237 e. The lowest BCUT2D eigenvalue weighted by Gasteiger charge is -2.40. The van der Waals surface area contributed by atoms with Gasteiger partial charge in [0, 0.05) is 11.3 Å². The third-order valence-corrected chi connectivity index (χ3v) is 5.33. The number of rotatable bonds is 4. The quantitative estimate of drug-likeness (QED) is 0.785. The second-order valence-corrected chi connectivity index (χ2v) is 6.24. The van der Waals surface area contributed by atoms with Crippen molar-refractivity contribution in [3.8, 4) is 0 Å². The van der Waals surface area contributed by atoms with Crippen molar-refractivity contribution in [2.45, 2.75) is 49.3 Å². The van der Waals surface area contributed by atoms with E-state index in [1.54, 1.807) is 0 Å². The molecule has 1 saturated carbocycles. The first-order valence-electron chi connectivity index (χ1n) is 6.32. The summed E-state index contributed by atoms with van der Waals surface area (Å²) in [4.78, 5) is 11.9. The average Bonchev–Trinajstić information content (AvgIpc) is 2.29. The molecule has 0 unspecified atom stereocenters. The van der Waals surface area contributed by atoms with Crippen LogP contribution in [0, 0.1) is 0 Å². The highest BCUT2D eigenvalue weighted by molar-refractivity contribution is 8.00. The molecule has 2 N–H and O–H groups in total. The fraction of sp³-hybridized carbons (Fsp3) is 0.917. The Morgan fingerprint density at radius 2 is 2.25 bits per heavy atom. The van der Waals surface area contributed by atoms with Gasteiger partial charge in [-0.15, -0.1) is 0 Å². The van der Waals surface area contributed by atoms with Crippen molar-refractivity contribution < 1.29 is 4.79 Å². The maximum atomic E-state index is 11.9. The topological polar surface area (TPSA) is 41.1 Å². The largest absolute Gasteiger partial charge is 0.353 e. The summed E-state index contributed by atoms with van der Waals surface area (Å²) in [7, 11) is 0. The van der Waals surface area contributed by atoms with E-state index in [1.807, 2.05) is 11.8 Å². The normalized spacial score (nSPS) is 28.2. The van der Waals surface area contributed by atoms with E-state index in [0.29, 0.717) is 4.75 Å². The molecule has 3 nitrogen and oxygen atoms in total. The van der Waals surface area contributed by atoms with Crippen LogP contribution in [0.4, 0.5) is 0 Å². The second kappa shape index (κ2) is 5.41. The molecule has 0 aromatic rings. The Morgan fingerprint density at radius 3 is 2.75 bits per heavy atom. The molecule has 1 aliphatic carbocycles. The third-order valence-electron chi connectivity index (χ3n) is 3.91. The number of carbonyl (C=O) groups excluding carboxylic acids is 1. The summed E-state index contributed by atoms with van der Waals surface area (Å²) in [5.74, 6) is 0.208. The summed E-state index contributed by atoms with van der Waals surface area (Å²) in [5.41, 5.74) is 0. The molecular formula is C12H22N2OS. The minimum Gasteiger partial charge on any atom is -0.353 e. The first-order valence-corrected chi connectivity index (χ1v) is 7.54. The summed E-state index contributed by atoms with van der Waals surface area (Å²) in [5, 5.41) is 6.41. The van der Waals surface area contributed by atoms with E-state index in [-0.39, 0.29) is 11.9 Å². The van der Waals surface area contributed by atoms with Gasteiger partial charge in [0.25, 0.3) is 0 Å². The molecule has 0 aromatic carbocycles. The van der Waals surface area contributed by atoms with Crippen molar-refractivity contribution in [1.29, 1.82) is 0 Å². The van der Waals surface area contributed by atoms with Crippen molar-refractivity contribution in [3.63, 3.8) is 0 Å². The predicted molar refractivity (Wildman–Crippen MR) is 68.7 cm³/mol. The summed E-state index contributed by atoms with van der Waals surface area (Å²) < 4.78 is 0.352. The van der Waals surface area contributed by atoms with Crippen LogP contribution in [0.15, 0.2) is 0 Å². The van der Waals surface area contributed by atoms with E-state index in [0.717, 1.165) is 19.5 Å². The van der Waals surface area contributed by atoms with Crippen molar-refractivity contribution >= 4 is 17.7 Å². The average molecular weight is 242 g/mol. The minimum atomic E-state index is 0.0627. The highest BCUT2D eigenvalue weighted by Gasteiger charge is 2.36. The molecule has 0 aromatic heterocycles. The second-order valence-electron chi connectivity index (χ2n) is 4.96. The van der Waals surface area contributed by atoms with Gasteiger partial charge in [-0.3, -0.25) is 4.79 Å². The van der Waals surface area contributed by atoms with Crippen molar-refractivity contribution in [1.82, 2.24) is 10.6 Å². The smallest absolute Gasteiger partial charge is 0.237 e. The summed E-state index contributed by atoms with van der Waals surface area (Å²) in [6.07, 6.45) is 9.37. The predicted octanol–water partition coefficient (Wildman–Crippen LogP) is 1.53. The number of thioether (sulfide) groups is 1. The molecule has 0 spiro atoms. The summed E-state index contributed by atoms with van der Waals surface area (Å²) >= 11 is 1.91. The van der Waals surface area contributed by atoms with Crippen LogP contribution in [0.25, 0.3) is 0 Å². The van der Waals surface area contributed by atoms with Crippen LogP contribution in [0.1, 0.15) is 38.5 Å². The lowest BCUT2D eigenvalue weighted by atomic mass is 9.84. The van der Waals surface area contributed by atoms with Gasteiger partial charge in [0.05, 0.1) is 6.04 Å². The zero-order valence-corrected chi connectivity index (χ0v) is 10.9. The highest BCUT2D eigenvalue weighted by Crippen LogP contribution is 2.42. The molecule has 1 saturated heterocycles. The zero-order chi connectivity index (χ0) is 11.4. The Bertz CT molecular complexity index is 242. The van der Waals surface area contributed by atoms with Crippen LogP contribution >= 0.6 is 11.8 Å². The number of hydrogen-bond donors (Lipinski definition) is 2. The van der Waals surface area contributed by atoms with Crippen molar-refractivity contribution in [2.75, 3.05) is 19.3 Å². The van der Waals surface area contributed by atoms with Gasteiger partial charge >= 0.3 is 0 Å². The number of piperidine rings is 1. The lowest BCUT2D eigenvalue weighted by Crippen LogP contribution is -2.51. The molecule has 92 valence electrons. The fourth-order valence-electron chi connectivity index (χ4n) is 2.47. The molecule has 0 bridgehead atoms. The van der Waals surface area contributed by atoms with Gasteiger partial charge < -0.3 is 10.6 Å². The fourth-order valence-corrected chi connectivity index (χ4v) is 3.38. The first-order chi connectivity index (χ1) is 7.76. The van der Waals surface area contributed by atoms with Gasteiger partial charge in [0.15, 0.2) is 0 Å². The van der Waals surface area contributed by atoms with E-state index in [9.17, 15) is 4.79 Å². The summed E-state index contributed by atoms with van der Waals surface area (Å²) in [6.45, 7) is 1.84. The zero-order valence-electron chi connectivity index (χ0n) is 10.1. The first kappa shape index (κ1) is 12.2. The highest BCUT2D eigenvalue weighted by atomic mass is 32.2. The van der Waals surface area contributed by atoms with Gasteiger partial charge in [-0.1, -0.05) is 12.8 Å². The van der Waals surface area contributed by atoms with Crippen molar-refractivity contribution in [3.05, 3.63) is 0 Å².